The van der Waals surface area contributed by atoms with E-state index in [9.17, 15) is 14.9 Å². The monoisotopic (exact) mass is 253 g/mol. The first kappa shape index (κ1) is 14.1. The number of hydrogen-bond donors (Lipinski definition) is 0. The summed E-state index contributed by atoms with van der Waals surface area (Å²) >= 11 is 0. The van der Waals surface area contributed by atoms with Crippen LogP contribution in [0.4, 0.5) is 5.69 Å². The van der Waals surface area contributed by atoms with Crippen molar-refractivity contribution in [2.24, 2.45) is 0 Å². The van der Waals surface area contributed by atoms with Crippen LogP contribution in [0.2, 0.25) is 0 Å². The molecule has 1 rings (SSSR count). The molecule has 0 radical (unpaired) electrons. The highest BCUT2D eigenvalue weighted by Crippen LogP contribution is 2.27. The molecule has 6 nitrogen and oxygen atoms in total. The summed E-state index contributed by atoms with van der Waals surface area (Å²) in [4.78, 5) is 20.8. The Balaban J connectivity index is 2.64. The van der Waals surface area contributed by atoms with Gasteiger partial charge in [-0.1, -0.05) is 6.92 Å². The molecule has 0 aromatic heterocycles. The number of nitro benzene ring substituents is 1. The van der Waals surface area contributed by atoms with Gasteiger partial charge in [-0.15, -0.1) is 0 Å². The first-order chi connectivity index (χ1) is 8.69. The first-order valence-corrected chi connectivity index (χ1v) is 5.63. The Bertz CT molecular complexity index is 419. The number of hydrogen-bond acceptors (Lipinski definition) is 5. The third kappa shape index (κ3) is 4.14. The highest BCUT2D eigenvalue weighted by atomic mass is 16.6. The van der Waals surface area contributed by atoms with E-state index in [0.717, 1.165) is 6.42 Å². The number of aldehydes is 1. The maximum absolute atomic E-state index is 10.8. The standard InChI is InChI=1S/C12H15NO5/c1-2-5-17-6-7-18-12-4-3-10(9-14)8-11(12)13(15)16/h3-4,8-9H,2,5-7H2,1H3. The minimum absolute atomic E-state index is 0.144. The topological polar surface area (TPSA) is 78.7 Å². The number of nitro groups is 1. The Morgan fingerprint density at radius 1 is 1.33 bits per heavy atom. The molecule has 98 valence electrons. The third-order valence-electron chi connectivity index (χ3n) is 2.15. The lowest BCUT2D eigenvalue weighted by Crippen LogP contribution is -2.08. The molecule has 0 fully saturated rings. The predicted octanol–water partition coefficient (Wildman–Crippen LogP) is 2.21. The molecule has 0 aliphatic rings. The van der Waals surface area contributed by atoms with Crippen LogP contribution in [-0.4, -0.2) is 31.0 Å². The van der Waals surface area contributed by atoms with Gasteiger partial charge in [0.1, 0.15) is 12.9 Å². The van der Waals surface area contributed by atoms with Gasteiger partial charge >= 0.3 is 5.69 Å². The van der Waals surface area contributed by atoms with Crippen molar-refractivity contribution in [2.75, 3.05) is 19.8 Å². The molecule has 0 unspecified atom stereocenters. The molecule has 0 bridgehead atoms. The molecule has 18 heavy (non-hydrogen) atoms. The Kier molecular flexibility index (Phi) is 5.79. The zero-order chi connectivity index (χ0) is 13.4. The number of rotatable bonds is 8. The van der Waals surface area contributed by atoms with Crippen LogP contribution in [-0.2, 0) is 4.74 Å². The molecular weight excluding hydrogens is 238 g/mol. The maximum atomic E-state index is 10.8. The first-order valence-electron chi connectivity index (χ1n) is 5.63. The van der Waals surface area contributed by atoms with Gasteiger partial charge in [-0.2, -0.15) is 0 Å². The third-order valence-corrected chi connectivity index (χ3v) is 2.15. The van der Waals surface area contributed by atoms with Crippen molar-refractivity contribution in [1.82, 2.24) is 0 Å². The zero-order valence-corrected chi connectivity index (χ0v) is 10.1. The molecule has 0 saturated heterocycles. The van der Waals surface area contributed by atoms with Gasteiger partial charge in [0.15, 0.2) is 5.75 Å². The summed E-state index contributed by atoms with van der Waals surface area (Å²) in [5.41, 5.74) is 0.0337. The van der Waals surface area contributed by atoms with Crippen LogP contribution in [0.3, 0.4) is 0 Å². The van der Waals surface area contributed by atoms with Crippen molar-refractivity contribution in [3.8, 4) is 5.75 Å². The fraction of sp³-hybridized carbons (Fsp3) is 0.417. The zero-order valence-electron chi connectivity index (χ0n) is 10.1. The van der Waals surface area contributed by atoms with Gasteiger partial charge in [-0.3, -0.25) is 14.9 Å². The number of benzene rings is 1. The second kappa shape index (κ2) is 7.39. The smallest absolute Gasteiger partial charge is 0.311 e. The summed E-state index contributed by atoms with van der Waals surface area (Å²) < 4.78 is 10.5. The minimum atomic E-state index is -0.574. The van der Waals surface area contributed by atoms with E-state index >= 15 is 0 Å². The normalized spacial score (nSPS) is 10.1. The lowest BCUT2D eigenvalue weighted by molar-refractivity contribution is -0.385. The molecule has 0 N–H and O–H groups in total. The van der Waals surface area contributed by atoms with Crippen molar-refractivity contribution >= 4 is 12.0 Å². The molecule has 0 aliphatic heterocycles. The fourth-order valence-electron chi connectivity index (χ4n) is 1.33. The van der Waals surface area contributed by atoms with Gasteiger partial charge in [0.05, 0.1) is 11.5 Å². The van der Waals surface area contributed by atoms with E-state index in [0.29, 0.717) is 19.5 Å². The quantitative estimate of drug-likeness (QED) is 0.307. The van der Waals surface area contributed by atoms with E-state index < -0.39 is 4.92 Å². The van der Waals surface area contributed by atoms with Crippen LogP contribution < -0.4 is 4.74 Å². The molecule has 0 aliphatic carbocycles. The Labute approximate surface area is 105 Å². The summed E-state index contributed by atoms with van der Waals surface area (Å²) in [6.07, 6.45) is 1.47. The molecule has 6 heteroatoms. The summed E-state index contributed by atoms with van der Waals surface area (Å²) in [6.45, 7) is 3.24. The average Bonchev–Trinajstić information content (AvgIpc) is 2.38. The van der Waals surface area contributed by atoms with Crippen molar-refractivity contribution in [1.29, 1.82) is 0 Å². The van der Waals surface area contributed by atoms with Crippen molar-refractivity contribution in [3.05, 3.63) is 33.9 Å². The molecule has 1 aromatic rings. The molecule has 0 amide bonds. The van der Waals surface area contributed by atoms with Gasteiger partial charge < -0.3 is 9.47 Å². The van der Waals surface area contributed by atoms with E-state index in [1.54, 1.807) is 0 Å². The Morgan fingerprint density at radius 2 is 2.11 bits per heavy atom. The van der Waals surface area contributed by atoms with Crippen molar-refractivity contribution in [2.45, 2.75) is 13.3 Å². The average molecular weight is 253 g/mol. The highest BCUT2D eigenvalue weighted by Gasteiger charge is 2.15. The highest BCUT2D eigenvalue weighted by molar-refractivity contribution is 5.77. The van der Waals surface area contributed by atoms with Crippen molar-refractivity contribution < 1.29 is 19.2 Å². The van der Waals surface area contributed by atoms with E-state index in [-0.39, 0.29) is 23.6 Å². The van der Waals surface area contributed by atoms with Gasteiger partial charge in [0.25, 0.3) is 0 Å². The van der Waals surface area contributed by atoms with Gasteiger partial charge in [0.2, 0.25) is 0 Å². The van der Waals surface area contributed by atoms with Crippen molar-refractivity contribution in [3.63, 3.8) is 0 Å². The minimum Gasteiger partial charge on any atom is -0.484 e. The number of carbonyl (C=O) groups excluding carboxylic acids is 1. The molecule has 0 spiro atoms. The maximum Gasteiger partial charge on any atom is 0.311 e. The fourth-order valence-corrected chi connectivity index (χ4v) is 1.33. The van der Waals surface area contributed by atoms with Crippen LogP contribution in [0, 0.1) is 10.1 Å². The van der Waals surface area contributed by atoms with Crippen LogP contribution >= 0.6 is 0 Å². The summed E-state index contributed by atoms with van der Waals surface area (Å²) in [5.74, 6) is 0.144. The predicted molar refractivity (Wildman–Crippen MR) is 65.1 cm³/mol. The van der Waals surface area contributed by atoms with Crippen LogP contribution in [0.5, 0.6) is 5.75 Å². The Morgan fingerprint density at radius 3 is 2.72 bits per heavy atom. The molecule has 0 atom stereocenters. The lowest BCUT2D eigenvalue weighted by atomic mass is 10.2. The van der Waals surface area contributed by atoms with Gasteiger partial charge in [-0.05, 0) is 18.6 Å². The van der Waals surface area contributed by atoms with Gasteiger partial charge in [-0.25, -0.2) is 0 Å². The lowest BCUT2D eigenvalue weighted by Gasteiger charge is -2.07. The van der Waals surface area contributed by atoms with Crippen LogP contribution in [0.15, 0.2) is 18.2 Å². The molecule has 0 saturated carbocycles. The van der Waals surface area contributed by atoms with E-state index in [1.807, 2.05) is 6.92 Å². The number of ether oxygens (including phenoxy) is 2. The second-order valence-electron chi connectivity index (χ2n) is 3.56. The molecule has 0 heterocycles. The summed E-state index contributed by atoms with van der Waals surface area (Å²) in [6, 6.07) is 4.08. The number of nitrogens with zero attached hydrogens (tertiary/aromatic N) is 1. The molecule has 1 aromatic carbocycles. The van der Waals surface area contributed by atoms with Gasteiger partial charge in [0, 0.05) is 18.2 Å². The molecular formula is C12H15NO5. The Hall–Kier alpha value is -1.95. The summed E-state index contributed by atoms with van der Waals surface area (Å²) in [5, 5.41) is 10.8. The second-order valence-corrected chi connectivity index (χ2v) is 3.56. The van der Waals surface area contributed by atoms with Crippen LogP contribution in [0.1, 0.15) is 23.7 Å². The van der Waals surface area contributed by atoms with Crippen LogP contribution in [0.25, 0.3) is 0 Å². The largest absolute Gasteiger partial charge is 0.484 e. The number of carbonyl (C=O) groups is 1. The van der Waals surface area contributed by atoms with E-state index in [1.165, 1.54) is 18.2 Å². The van der Waals surface area contributed by atoms with E-state index in [4.69, 9.17) is 9.47 Å². The SMILES string of the molecule is CCCOCCOc1ccc(C=O)cc1[N+](=O)[O-]. The summed E-state index contributed by atoms with van der Waals surface area (Å²) in [7, 11) is 0. The van der Waals surface area contributed by atoms with E-state index in [2.05, 4.69) is 0 Å².